The van der Waals surface area contributed by atoms with E-state index in [1.807, 2.05) is 0 Å². The van der Waals surface area contributed by atoms with E-state index in [4.69, 9.17) is 15.9 Å². The number of aliphatic hydroxyl groups excluding tert-OH is 1. The van der Waals surface area contributed by atoms with Crippen LogP contribution in [0.1, 0.15) is 11.6 Å². The minimum Gasteiger partial charge on any atom is -0.505 e. The van der Waals surface area contributed by atoms with Crippen molar-refractivity contribution >= 4 is 0 Å². The summed E-state index contributed by atoms with van der Waals surface area (Å²) in [6, 6.07) is 1.85. The zero-order valence-corrected chi connectivity index (χ0v) is 7.70. The van der Waals surface area contributed by atoms with E-state index in [1.165, 1.54) is 19.2 Å². The predicted molar refractivity (Wildman–Crippen MR) is 48.6 cm³/mol. The number of halogens is 1. The van der Waals surface area contributed by atoms with Gasteiger partial charge in [0.1, 0.15) is 0 Å². The summed E-state index contributed by atoms with van der Waals surface area (Å²) in [4.78, 5) is 0. The highest BCUT2D eigenvalue weighted by Crippen LogP contribution is 2.29. The number of methoxy groups -OCH3 is 1. The lowest BCUT2D eigenvalue weighted by Gasteiger charge is -2.11. The van der Waals surface area contributed by atoms with Crippen LogP contribution >= 0.6 is 0 Å². The summed E-state index contributed by atoms with van der Waals surface area (Å²) in [5, 5.41) is 17.9. The van der Waals surface area contributed by atoms with Gasteiger partial charge < -0.3 is 20.7 Å². The van der Waals surface area contributed by atoms with Crippen molar-refractivity contribution in [2.24, 2.45) is 5.73 Å². The van der Waals surface area contributed by atoms with Gasteiger partial charge in [0.25, 0.3) is 0 Å². The molecule has 1 aromatic rings. The molecule has 0 heterocycles. The molecule has 4 N–H and O–H groups in total. The van der Waals surface area contributed by atoms with Crippen molar-refractivity contribution in [3.05, 3.63) is 23.5 Å². The standard InChI is InChI=1S/C9H12FNO3/c1-14-8-3-5(6(11)4-12)2-7(13)9(8)10/h2-3,6,12-13H,4,11H2,1H3. The van der Waals surface area contributed by atoms with E-state index < -0.39 is 17.6 Å². The van der Waals surface area contributed by atoms with Crippen LogP contribution in [-0.2, 0) is 0 Å². The lowest BCUT2D eigenvalue weighted by Crippen LogP contribution is -2.14. The first-order valence-corrected chi connectivity index (χ1v) is 4.03. The molecular formula is C9H12FNO3. The molecule has 1 aromatic carbocycles. The highest BCUT2D eigenvalue weighted by atomic mass is 19.1. The summed E-state index contributed by atoms with van der Waals surface area (Å²) in [6.45, 7) is -0.284. The van der Waals surface area contributed by atoms with Crippen LogP contribution in [0.25, 0.3) is 0 Å². The second-order valence-electron chi connectivity index (χ2n) is 2.85. The predicted octanol–water partition coefficient (Wildman–Crippen LogP) is 0.532. The Bertz CT molecular complexity index is 330. The van der Waals surface area contributed by atoms with Gasteiger partial charge in [-0.1, -0.05) is 0 Å². The molecule has 0 radical (unpaired) electrons. The molecule has 1 rings (SSSR count). The Kier molecular flexibility index (Phi) is 3.27. The molecule has 0 saturated heterocycles. The lowest BCUT2D eigenvalue weighted by molar-refractivity contribution is 0.267. The third-order valence-electron chi connectivity index (χ3n) is 1.89. The SMILES string of the molecule is COc1cc(C(N)CO)cc(O)c1F. The summed E-state index contributed by atoms with van der Waals surface area (Å²) in [5.74, 6) is -1.46. The minimum atomic E-state index is -0.832. The van der Waals surface area contributed by atoms with Gasteiger partial charge in [0, 0.05) is 0 Å². The maximum atomic E-state index is 13.1. The molecule has 5 heteroatoms. The second-order valence-corrected chi connectivity index (χ2v) is 2.85. The quantitative estimate of drug-likeness (QED) is 0.666. The van der Waals surface area contributed by atoms with Crippen molar-refractivity contribution in [1.29, 1.82) is 0 Å². The number of aromatic hydroxyl groups is 1. The molecule has 0 spiro atoms. The van der Waals surface area contributed by atoms with Crippen LogP contribution in [0.2, 0.25) is 0 Å². The first-order chi connectivity index (χ1) is 6.60. The molecule has 14 heavy (non-hydrogen) atoms. The minimum absolute atomic E-state index is 0.0936. The Hall–Kier alpha value is -1.33. The van der Waals surface area contributed by atoms with E-state index in [1.54, 1.807) is 0 Å². The third-order valence-corrected chi connectivity index (χ3v) is 1.89. The van der Waals surface area contributed by atoms with Crippen molar-refractivity contribution in [2.75, 3.05) is 13.7 Å². The molecule has 0 aromatic heterocycles. The smallest absolute Gasteiger partial charge is 0.206 e. The van der Waals surface area contributed by atoms with Gasteiger partial charge in [-0.25, -0.2) is 0 Å². The normalized spacial score (nSPS) is 12.6. The van der Waals surface area contributed by atoms with Gasteiger partial charge in [-0.2, -0.15) is 4.39 Å². The third kappa shape index (κ3) is 1.94. The molecule has 0 fully saturated rings. The van der Waals surface area contributed by atoms with Gasteiger partial charge in [-0.15, -0.1) is 0 Å². The average molecular weight is 201 g/mol. The Morgan fingerprint density at radius 2 is 2.21 bits per heavy atom. The Labute approximate surface area is 80.7 Å². The van der Waals surface area contributed by atoms with Crippen LogP contribution in [0.4, 0.5) is 4.39 Å². The summed E-state index contributed by atoms with van der Waals surface area (Å²) in [5.41, 5.74) is 5.92. The van der Waals surface area contributed by atoms with Gasteiger partial charge >= 0.3 is 0 Å². The molecule has 0 aliphatic heterocycles. The van der Waals surface area contributed by atoms with Gasteiger partial charge in [0.15, 0.2) is 11.5 Å². The van der Waals surface area contributed by atoms with Crippen molar-refractivity contribution in [2.45, 2.75) is 6.04 Å². The molecule has 1 atom stereocenters. The lowest BCUT2D eigenvalue weighted by atomic mass is 10.1. The number of hydrogen-bond donors (Lipinski definition) is 3. The monoisotopic (exact) mass is 201 g/mol. The first kappa shape index (κ1) is 10.7. The number of hydrogen-bond acceptors (Lipinski definition) is 4. The van der Waals surface area contributed by atoms with E-state index in [9.17, 15) is 4.39 Å². The molecule has 0 saturated carbocycles. The molecule has 0 aliphatic rings. The van der Waals surface area contributed by atoms with Crippen LogP contribution < -0.4 is 10.5 Å². The molecule has 4 nitrogen and oxygen atoms in total. The van der Waals surface area contributed by atoms with Gasteiger partial charge in [-0.05, 0) is 17.7 Å². The second kappa shape index (κ2) is 4.26. The number of benzene rings is 1. The van der Waals surface area contributed by atoms with E-state index in [0.29, 0.717) is 5.56 Å². The number of phenolic OH excluding ortho intramolecular Hbond substituents is 1. The topological polar surface area (TPSA) is 75.7 Å². The van der Waals surface area contributed by atoms with Gasteiger partial charge in [-0.3, -0.25) is 0 Å². The zero-order chi connectivity index (χ0) is 10.7. The van der Waals surface area contributed by atoms with E-state index in [-0.39, 0.29) is 12.4 Å². The maximum absolute atomic E-state index is 13.1. The van der Waals surface area contributed by atoms with Crippen LogP contribution in [0.15, 0.2) is 12.1 Å². The highest BCUT2D eigenvalue weighted by Gasteiger charge is 2.13. The fraction of sp³-hybridized carbons (Fsp3) is 0.333. The Balaban J connectivity index is 3.16. The van der Waals surface area contributed by atoms with Crippen LogP contribution in [0.5, 0.6) is 11.5 Å². The molecule has 0 bridgehead atoms. The molecule has 1 unspecified atom stereocenters. The van der Waals surface area contributed by atoms with Crippen molar-refractivity contribution < 1.29 is 19.3 Å². The summed E-state index contributed by atoms with van der Waals surface area (Å²) in [6.07, 6.45) is 0. The molecular weight excluding hydrogens is 189 g/mol. The van der Waals surface area contributed by atoms with E-state index >= 15 is 0 Å². The van der Waals surface area contributed by atoms with Crippen molar-refractivity contribution in [1.82, 2.24) is 0 Å². The Morgan fingerprint density at radius 1 is 1.57 bits per heavy atom. The molecule has 78 valence electrons. The number of aliphatic hydroxyl groups is 1. The van der Waals surface area contributed by atoms with Gasteiger partial charge in [0.05, 0.1) is 19.8 Å². The summed E-state index contributed by atoms with van der Waals surface area (Å²) in [7, 11) is 1.28. The first-order valence-electron chi connectivity index (χ1n) is 4.03. The zero-order valence-electron chi connectivity index (χ0n) is 7.70. The van der Waals surface area contributed by atoms with Crippen LogP contribution in [0.3, 0.4) is 0 Å². The maximum Gasteiger partial charge on any atom is 0.206 e. The van der Waals surface area contributed by atoms with Crippen LogP contribution in [-0.4, -0.2) is 23.9 Å². The summed E-state index contributed by atoms with van der Waals surface area (Å²) >= 11 is 0. The number of rotatable bonds is 3. The van der Waals surface area contributed by atoms with Crippen LogP contribution in [0, 0.1) is 5.82 Å². The molecule has 0 amide bonds. The van der Waals surface area contributed by atoms with E-state index in [0.717, 1.165) is 0 Å². The largest absolute Gasteiger partial charge is 0.505 e. The van der Waals surface area contributed by atoms with Crippen molar-refractivity contribution in [3.8, 4) is 11.5 Å². The van der Waals surface area contributed by atoms with E-state index in [2.05, 4.69) is 4.74 Å². The van der Waals surface area contributed by atoms with Gasteiger partial charge in [0.2, 0.25) is 5.82 Å². The average Bonchev–Trinajstić information content (AvgIpc) is 2.20. The fourth-order valence-electron chi connectivity index (χ4n) is 1.07. The number of nitrogens with two attached hydrogens (primary N) is 1. The number of ether oxygens (including phenoxy) is 1. The van der Waals surface area contributed by atoms with Crippen molar-refractivity contribution in [3.63, 3.8) is 0 Å². The number of phenols is 1. The summed E-state index contributed by atoms with van der Waals surface area (Å²) < 4.78 is 17.8. The molecule has 0 aliphatic carbocycles. The highest BCUT2D eigenvalue weighted by molar-refractivity contribution is 5.40. The Morgan fingerprint density at radius 3 is 2.71 bits per heavy atom. The fourth-order valence-corrected chi connectivity index (χ4v) is 1.07.